The molecule has 0 unspecified atom stereocenters. The number of amides is 2. The summed E-state index contributed by atoms with van der Waals surface area (Å²) in [7, 11) is 0. The molecule has 0 radical (unpaired) electrons. The van der Waals surface area contributed by atoms with Crippen LogP contribution in [0.1, 0.15) is 30.9 Å². The van der Waals surface area contributed by atoms with Gasteiger partial charge in [-0.3, -0.25) is 9.59 Å². The van der Waals surface area contributed by atoms with Crippen LogP contribution in [0.5, 0.6) is 0 Å². The molecule has 2 heterocycles. The number of hydrogen-bond donors (Lipinski definition) is 0. The molecule has 1 saturated heterocycles. The fourth-order valence-corrected chi connectivity index (χ4v) is 4.21. The summed E-state index contributed by atoms with van der Waals surface area (Å²) in [5.41, 5.74) is 4.57. The van der Waals surface area contributed by atoms with E-state index in [1.165, 1.54) is 11.1 Å². The van der Waals surface area contributed by atoms with Crippen LogP contribution in [0.2, 0.25) is 0 Å². The van der Waals surface area contributed by atoms with Crippen molar-refractivity contribution in [3.05, 3.63) is 59.7 Å². The quantitative estimate of drug-likeness (QED) is 0.851. The van der Waals surface area contributed by atoms with Crippen LogP contribution in [0, 0.1) is 5.92 Å². The second-order valence-corrected chi connectivity index (χ2v) is 7.35. The number of rotatable bonds is 3. The first kappa shape index (κ1) is 16.8. The summed E-state index contributed by atoms with van der Waals surface area (Å²) in [5.74, 6) is 0.661. The molecule has 0 bridgehead atoms. The summed E-state index contributed by atoms with van der Waals surface area (Å²) in [5, 5.41) is 0. The lowest BCUT2D eigenvalue weighted by molar-refractivity contribution is -0.117. The van der Waals surface area contributed by atoms with Gasteiger partial charge in [-0.05, 0) is 54.5 Å². The third-order valence-corrected chi connectivity index (χ3v) is 5.44. The van der Waals surface area contributed by atoms with Gasteiger partial charge >= 0.3 is 0 Å². The fourth-order valence-electron chi connectivity index (χ4n) is 4.21. The van der Waals surface area contributed by atoms with Crippen molar-refractivity contribution < 1.29 is 9.59 Å². The SMILES string of the molecule is CC(=O)N1CCCc2cc(C[C@@H]3CC(=O)N(c4ccccc4)C3)ccc21. The smallest absolute Gasteiger partial charge is 0.227 e. The molecule has 26 heavy (non-hydrogen) atoms. The molecule has 2 amide bonds. The number of benzene rings is 2. The van der Waals surface area contributed by atoms with E-state index in [1.54, 1.807) is 6.92 Å². The van der Waals surface area contributed by atoms with E-state index < -0.39 is 0 Å². The Labute approximate surface area is 154 Å². The molecule has 4 nitrogen and oxygen atoms in total. The van der Waals surface area contributed by atoms with Gasteiger partial charge < -0.3 is 9.80 Å². The van der Waals surface area contributed by atoms with Crippen molar-refractivity contribution in [1.82, 2.24) is 0 Å². The van der Waals surface area contributed by atoms with Crippen LogP contribution >= 0.6 is 0 Å². The van der Waals surface area contributed by atoms with Crippen molar-refractivity contribution in [2.75, 3.05) is 22.9 Å². The summed E-state index contributed by atoms with van der Waals surface area (Å²) in [6.07, 6.45) is 3.54. The summed E-state index contributed by atoms with van der Waals surface area (Å²) < 4.78 is 0. The third kappa shape index (κ3) is 3.24. The van der Waals surface area contributed by atoms with Crippen molar-refractivity contribution in [2.24, 2.45) is 5.92 Å². The number of carbonyl (C=O) groups excluding carboxylic acids is 2. The molecule has 0 saturated carbocycles. The van der Waals surface area contributed by atoms with Crippen LogP contribution < -0.4 is 9.80 Å². The van der Waals surface area contributed by atoms with E-state index in [-0.39, 0.29) is 11.8 Å². The maximum atomic E-state index is 12.4. The molecule has 2 aliphatic heterocycles. The first-order chi connectivity index (χ1) is 12.6. The van der Waals surface area contributed by atoms with Crippen LogP contribution in [0.3, 0.4) is 0 Å². The summed E-state index contributed by atoms with van der Waals surface area (Å²) in [4.78, 5) is 28.0. The number of hydrogen-bond acceptors (Lipinski definition) is 2. The van der Waals surface area contributed by atoms with Crippen LogP contribution in [0.25, 0.3) is 0 Å². The van der Waals surface area contributed by atoms with Crippen molar-refractivity contribution in [3.8, 4) is 0 Å². The topological polar surface area (TPSA) is 40.6 Å². The Kier molecular flexibility index (Phi) is 4.49. The maximum absolute atomic E-state index is 12.4. The molecule has 4 heteroatoms. The Morgan fingerprint density at radius 2 is 1.96 bits per heavy atom. The van der Waals surface area contributed by atoms with E-state index in [4.69, 9.17) is 0 Å². The molecule has 2 aliphatic rings. The average Bonchev–Trinajstić information content (AvgIpc) is 3.01. The van der Waals surface area contributed by atoms with Crippen LogP contribution in [-0.2, 0) is 22.4 Å². The van der Waals surface area contributed by atoms with Gasteiger partial charge in [0.2, 0.25) is 11.8 Å². The normalized spacial score (nSPS) is 19.6. The van der Waals surface area contributed by atoms with Gasteiger partial charge in [0.05, 0.1) is 0 Å². The summed E-state index contributed by atoms with van der Waals surface area (Å²) >= 11 is 0. The molecule has 4 rings (SSSR count). The van der Waals surface area contributed by atoms with Gasteiger partial charge in [0.1, 0.15) is 0 Å². The first-order valence-electron chi connectivity index (χ1n) is 9.37. The Bertz CT molecular complexity index is 831. The van der Waals surface area contributed by atoms with Crippen molar-refractivity contribution in [1.29, 1.82) is 0 Å². The lowest BCUT2D eigenvalue weighted by atomic mass is 9.93. The van der Waals surface area contributed by atoms with Crippen LogP contribution in [0.4, 0.5) is 11.4 Å². The van der Waals surface area contributed by atoms with Gasteiger partial charge in [-0.1, -0.05) is 30.3 Å². The number of carbonyl (C=O) groups is 2. The van der Waals surface area contributed by atoms with Crippen molar-refractivity contribution in [3.63, 3.8) is 0 Å². The molecule has 0 spiro atoms. The van der Waals surface area contributed by atoms with Gasteiger partial charge in [-0.2, -0.15) is 0 Å². The number of anilines is 2. The van der Waals surface area contributed by atoms with E-state index in [0.29, 0.717) is 12.3 Å². The Morgan fingerprint density at radius 3 is 2.73 bits per heavy atom. The molecule has 134 valence electrons. The highest BCUT2D eigenvalue weighted by Crippen LogP contribution is 2.31. The van der Waals surface area contributed by atoms with Crippen molar-refractivity contribution >= 4 is 23.2 Å². The van der Waals surface area contributed by atoms with Gasteiger partial charge in [-0.15, -0.1) is 0 Å². The van der Waals surface area contributed by atoms with Gasteiger partial charge in [0.25, 0.3) is 0 Å². The zero-order chi connectivity index (χ0) is 18.1. The highest BCUT2D eigenvalue weighted by Gasteiger charge is 2.30. The molecule has 2 aromatic rings. The fraction of sp³-hybridized carbons (Fsp3) is 0.364. The molecular weight excluding hydrogens is 324 g/mol. The minimum absolute atomic E-state index is 0.110. The largest absolute Gasteiger partial charge is 0.312 e. The maximum Gasteiger partial charge on any atom is 0.227 e. The highest BCUT2D eigenvalue weighted by atomic mass is 16.2. The van der Waals surface area contributed by atoms with E-state index in [0.717, 1.165) is 43.7 Å². The van der Waals surface area contributed by atoms with E-state index >= 15 is 0 Å². The molecule has 0 aromatic heterocycles. The second kappa shape index (κ2) is 6.94. The molecule has 2 aromatic carbocycles. The number of para-hydroxylation sites is 1. The molecule has 0 N–H and O–H groups in total. The van der Waals surface area contributed by atoms with Crippen LogP contribution in [-0.4, -0.2) is 24.9 Å². The number of nitrogens with zero attached hydrogens (tertiary/aromatic N) is 2. The number of fused-ring (bicyclic) bond motifs is 1. The number of aryl methyl sites for hydroxylation is 1. The predicted molar refractivity (Wildman–Crippen MR) is 103 cm³/mol. The summed E-state index contributed by atoms with van der Waals surface area (Å²) in [6, 6.07) is 16.3. The van der Waals surface area contributed by atoms with Crippen LogP contribution in [0.15, 0.2) is 48.5 Å². The minimum Gasteiger partial charge on any atom is -0.312 e. The first-order valence-corrected chi connectivity index (χ1v) is 9.37. The standard InChI is InChI=1S/C22H24N2O2/c1-16(25)23-11-5-6-19-13-17(9-10-21(19)23)12-18-14-22(26)24(15-18)20-7-3-2-4-8-20/h2-4,7-10,13,18H,5-6,11-12,14-15H2,1H3/t18-/m1/s1. The third-order valence-electron chi connectivity index (χ3n) is 5.44. The van der Waals surface area contributed by atoms with E-state index in [9.17, 15) is 9.59 Å². The summed E-state index contributed by atoms with van der Waals surface area (Å²) in [6.45, 7) is 3.22. The molecule has 0 aliphatic carbocycles. The molecule has 1 fully saturated rings. The van der Waals surface area contributed by atoms with Gasteiger partial charge in [0, 0.05) is 37.8 Å². The predicted octanol–water partition coefficient (Wildman–Crippen LogP) is 3.58. The zero-order valence-electron chi connectivity index (χ0n) is 15.1. The Balaban J connectivity index is 1.48. The molecular formula is C22H24N2O2. The highest BCUT2D eigenvalue weighted by molar-refractivity contribution is 5.95. The van der Waals surface area contributed by atoms with Gasteiger partial charge in [-0.25, -0.2) is 0 Å². The monoisotopic (exact) mass is 348 g/mol. The van der Waals surface area contributed by atoms with E-state index in [2.05, 4.69) is 18.2 Å². The minimum atomic E-state index is 0.110. The average molecular weight is 348 g/mol. The van der Waals surface area contributed by atoms with Gasteiger partial charge in [0.15, 0.2) is 0 Å². The lowest BCUT2D eigenvalue weighted by Crippen LogP contribution is -2.33. The zero-order valence-corrected chi connectivity index (χ0v) is 15.1. The Hall–Kier alpha value is -2.62. The lowest BCUT2D eigenvalue weighted by Gasteiger charge is -2.29. The Morgan fingerprint density at radius 1 is 1.15 bits per heavy atom. The second-order valence-electron chi connectivity index (χ2n) is 7.35. The molecule has 1 atom stereocenters. The van der Waals surface area contributed by atoms with Crippen molar-refractivity contribution in [2.45, 2.75) is 32.6 Å². The van der Waals surface area contributed by atoms with E-state index in [1.807, 2.05) is 40.1 Å².